The molecule has 1 amide bonds. The SMILES string of the molecule is Cc1c(-c2[nH]c3sc([C@@H]4CC5C[C@H]4CN5C(=O)[C@H]4COCCN4)c(C)c3c2C(C)C)cn2ncnc2c1C. The van der Waals surface area contributed by atoms with E-state index in [1.54, 1.807) is 6.33 Å². The first kappa shape index (κ1) is 24.3. The zero-order chi connectivity index (χ0) is 26.3. The second-order valence-electron chi connectivity index (χ2n) is 11.7. The number of piperidine rings is 1. The Morgan fingerprint density at radius 1 is 1.18 bits per heavy atom. The van der Waals surface area contributed by atoms with Gasteiger partial charge in [-0.3, -0.25) is 4.79 Å². The molecule has 6 heterocycles. The zero-order valence-corrected chi connectivity index (χ0v) is 23.6. The first-order valence-corrected chi connectivity index (χ1v) is 14.7. The Kier molecular flexibility index (Phi) is 5.69. The van der Waals surface area contributed by atoms with Crippen LogP contribution >= 0.6 is 11.3 Å². The minimum atomic E-state index is -0.181. The summed E-state index contributed by atoms with van der Waals surface area (Å²) in [6.45, 7) is 14.0. The fourth-order valence-corrected chi connectivity index (χ4v) is 8.75. The molecule has 4 aromatic heterocycles. The number of aromatic nitrogens is 4. The Hall–Kier alpha value is -2.75. The van der Waals surface area contributed by atoms with Crippen LogP contribution in [0.15, 0.2) is 12.5 Å². The quantitative estimate of drug-likeness (QED) is 0.399. The molecule has 0 aromatic carbocycles. The standard InChI is InChI=1S/C29H36N6O2S/c1-14(2)23-24-17(5)26(20-9-19-8-18(20)10-34(19)29(36)22-12-37-7-6-30-22)38-28(24)33-25(23)21-11-35-27(31-13-32-35)16(4)15(21)3/h11,13-14,18-20,22,30,33H,6-10,12H2,1-5H3/t18-,19?,20+,22+/m0/s1. The number of aromatic amines is 1. The summed E-state index contributed by atoms with van der Waals surface area (Å²) in [5.74, 6) is 1.68. The normalized spacial score (nSPS) is 25.5. The molecule has 1 aliphatic carbocycles. The van der Waals surface area contributed by atoms with Gasteiger partial charge < -0.3 is 19.9 Å². The first-order chi connectivity index (χ1) is 18.3. The van der Waals surface area contributed by atoms with Gasteiger partial charge in [-0.2, -0.15) is 5.10 Å². The molecule has 8 nitrogen and oxygen atoms in total. The van der Waals surface area contributed by atoms with Crippen molar-refractivity contribution < 1.29 is 9.53 Å². The van der Waals surface area contributed by atoms with E-state index >= 15 is 0 Å². The van der Waals surface area contributed by atoms with E-state index in [2.05, 4.69) is 66.1 Å². The number of morpholine rings is 1. The molecule has 38 heavy (non-hydrogen) atoms. The van der Waals surface area contributed by atoms with Gasteiger partial charge >= 0.3 is 0 Å². The number of nitrogens with zero attached hydrogens (tertiary/aromatic N) is 4. The second kappa shape index (κ2) is 8.89. The number of ether oxygens (including phenoxy) is 1. The second-order valence-corrected chi connectivity index (χ2v) is 12.8. The van der Waals surface area contributed by atoms with E-state index in [0.717, 1.165) is 31.6 Å². The molecular weight excluding hydrogens is 496 g/mol. The van der Waals surface area contributed by atoms with Crippen molar-refractivity contribution in [2.75, 3.05) is 26.3 Å². The number of pyridine rings is 1. The van der Waals surface area contributed by atoms with Gasteiger partial charge in [0, 0.05) is 47.1 Å². The van der Waals surface area contributed by atoms with Crippen molar-refractivity contribution in [2.45, 2.75) is 71.4 Å². The van der Waals surface area contributed by atoms with Crippen molar-refractivity contribution in [2.24, 2.45) is 5.92 Å². The third kappa shape index (κ3) is 3.51. The monoisotopic (exact) mass is 532 g/mol. The largest absolute Gasteiger partial charge is 0.378 e. The summed E-state index contributed by atoms with van der Waals surface area (Å²) in [6, 6.07) is 0.167. The molecule has 9 heteroatoms. The lowest BCUT2D eigenvalue weighted by molar-refractivity contribution is -0.138. The summed E-state index contributed by atoms with van der Waals surface area (Å²) in [7, 11) is 0. The number of aryl methyl sites for hydroxylation is 2. The molecule has 0 spiro atoms. The van der Waals surface area contributed by atoms with E-state index in [1.165, 1.54) is 48.6 Å². The molecule has 200 valence electrons. The number of likely N-dealkylation sites (tertiary alicyclic amines) is 1. The molecule has 1 unspecified atom stereocenters. The van der Waals surface area contributed by atoms with Crippen LogP contribution in [0.1, 0.15) is 65.7 Å². The molecule has 4 aromatic rings. The Bertz CT molecular complexity index is 1560. The van der Waals surface area contributed by atoms with Crippen molar-refractivity contribution >= 4 is 33.1 Å². The van der Waals surface area contributed by atoms with Gasteiger partial charge in [0.25, 0.3) is 0 Å². The lowest BCUT2D eigenvalue weighted by atomic mass is 9.88. The van der Waals surface area contributed by atoms with E-state index in [9.17, 15) is 4.79 Å². The number of hydrogen-bond acceptors (Lipinski definition) is 6. The highest BCUT2D eigenvalue weighted by Gasteiger charge is 2.49. The Morgan fingerprint density at radius 3 is 2.74 bits per heavy atom. The Labute approximate surface area is 226 Å². The van der Waals surface area contributed by atoms with Crippen molar-refractivity contribution in [3.05, 3.63) is 39.7 Å². The predicted octanol–water partition coefficient (Wildman–Crippen LogP) is 4.68. The average Bonchev–Trinajstić information content (AvgIpc) is 3.73. The van der Waals surface area contributed by atoms with E-state index in [-0.39, 0.29) is 11.9 Å². The van der Waals surface area contributed by atoms with Gasteiger partial charge in [-0.15, -0.1) is 11.3 Å². The average molecular weight is 533 g/mol. The number of rotatable bonds is 4. The number of thiophene rings is 1. The van der Waals surface area contributed by atoms with Crippen LogP contribution in [0.3, 0.4) is 0 Å². The molecule has 0 radical (unpaired) electrons. The van der Waals surface area contributed by atoms with Gasteiger partial charge in [0.2, 0.25) is 5.91 Å². The van der Waals surface area contributed by atoms with Gasteiger partial charge in [-0.25, -0.2) is 9.50 Å². The highest BCUT2D eigenvalue weighted by Crippen LogP contribution is 2.53. The van der Waals surface area contributed by atoms with Crippen LogP contribution in [-0.2, 0) is 9.53 Å². The van der Waals surface area contributed by atoms with Crippen LogP contribution in [0.4, 0.5) is 0 Å². The first-order valence-electron chi connectivity index (χ1n) is 13.9. The number of nitrogens with one attached hydrogen (secondary N) is 2. The topological polar surface area (TPSA) is 87.5 Å². The lowest BCUT2D eigenvalue weighted by Gasteiger charge is -2.35. The summed E-state index contributed by atoms with van der Waals surface area (Å²) >= 11 is 1.93. The zero-order valence-electron chi connectivity index (χ0n) is 22.8. The van der Waals surface area contributed by atoms with Gasteiger partial charge in [0.15, 0.2) is 5.65 Å². The molecule has 1 saturated carbocycles. The molecule has 4 atom stereocenters. The number of hydrogen-bond donors (Lipinski definition) is 2. The highest BCUT2D eigenvalue weighted by atomic mass is 32.1. The number of fused-ring (bicyclic) bond motifs is 4. The number of carbonyl (C=O) groups excluding carboxylic acids is 1. The van der Waals surface area contributed by atoms with Crippen molar-refractivity contribution in [3.63, 3.8) is 0 Å². The number of carbonyl (C=O) groups is 1. The third-order valence-corrected chi connectivity index (χ3v) is 10.7. The van der Waals surface area contributed by atoms with Gasteiger partial charge in [-0.05, 0) is 67.7 Å². The maximum absolute atomic E-state index is 13.2. The fourth-order valence-electron chi connectivity index (χ4n) is 7.32. The summed E-state index contributed by atoms with van der Waals surface area (Å²) in [5.41, 5.74) is 8.55. The molecule has 3 fully saturated rings. The predicted molar refractivity (Wildman–Crippen MR) is 150 cm³/mol. The van der Waals surface area contributed by atoms with Crippen LogP contribution < -0.4 is 5.32 Å². The van der Waals surface area contributed by atoms with E-state index in [0.29, 0.717) is 37.0 Å². The third-order valence-electron chi connectivity index (χ3n) is 9.32. The van der Waals surface area contributed by atoms with Gasteiger partial charge in [-0.1, -0.05) is 13.8 Å². The maximum Gasteiger partial charge on any atom is 0.242 e. The van der Waals surface area contributed by atoms with Crippen LogP contribution in [0, 0.1) is 26.7 Å². The lowest BCUT2D eigenvalue weighted by Crippen LogP contribution is -2.54. The molecule has 3 aliphatic rings. The van der Waals surface area contributed by atoms with Gasteiger partial charge in [0.05, 0.1) is 18.9 Å². The number of H-pyrrole nitrogens is 1. The van der Waals surface area contributed by atoms with Crippen LogP contribution in [0.2, 0.25) is 0 Å². The molecule has 2 saturated heterocycles. The van der Waals surface area contributed by atoms with Gasteiger partial charge in [0.1, 0.15) is 17.2 Å². The minimum absolute atomic E-state index is 0.181. The summed E-state index contributed by atoms with van der Waals surface area (Å²) in [4.78, 5) is 26.4. The fraction of sp³-hybridized carbons (Fsp3) is 0.552. The van der Waals surface area contributed by atoms with Crippen LogP contribution in [0.25, 0.3) is 27.1 Å². The molecule has 2 N–H and O–H groups in total. The minimum Gasteiger partial charge on any atom is -0.378 e. The molecule has 7 rings (SSSR count). The van der Waals surface area contributed by atoms with Crippen molar-refractivity contribution in [3.8, 4) is 11.3 Å². The van der Waals surface area contributed by atoms with Crippen molar-refractivity contribution in [1.29, 1.82) is 0 Å². The van der Waals surface area contributed by atoms with E-state index in [1.807, 2.05) is 15.9 Å². The van der Waals surface area contributed by atoms with Crippen LogP contribution in [-0.4, -0.2) is 68.8 Å². The van der Waals surface area contributed by atoms with E-state index in [4.69, 9.17) is 4.74 Å². The summed E-state index contributed by atoms with van der Waals surface area (Å²) in [5, 5.41) is 9.17. The molecular formula is C29H36N6O2S. The maximum atomic E-state index is 13.2. The van der Waals surface area contributed by atoms with Crippen LogP contribution in [0.5, 0.6) is 0 Å². The highest BCUT2D eigenvalue weighted by molar-refractivity contribution is 7.19. The Balaban J connectivity index is 1.23. The van der Waals surface area contributed by atoms with Crippen molar-refractivity contribution in [1.82, 2.24) is 29.8 Å². The Morgan fingerprint density at radius 2 is 2.03 bits per heavy atom. The smallest absolute Gasteiger partial charge is 0.242 e. The number of amides is 1. The van der Waals surface area contributed by atoms with E-state index < -0.39 is 0 Å². The summed E-state index contributed by atoms with van der Waals surface area (Å²) in [6.07, 6.45) is 5.94. The summed E-state index contributed by atoms with van der Waals surface area (Å²) < 4.78 is 7.45. The molecule has 2 aliphatic heterocycles. The molecule has 2 bridgehead atoms.